The molecule has 0 spiro atoms. The first-order valence-electron chi connectivity index (χ1n) is 10.4. The van der Waals surface area contributed by atoms with Gasteiger partial charge in [-0.2, -0.15) is 0 Å². The molecule has 7 nitrogen and oxygen atoms in total. The summed E-state index contributed by atoms with van der Waals surface area (Å²) in [5, 5.41) is 3.68. The topological polar surface area (TPSA) is 77.6 Å². The van der Waals surface area contributed by atoms with Gasteiger partial charge in [-0.15, -0.1) is 0 Å². The molecule has 2 atom stereocenters. The third-order valence-corrected chi connectivity index (χ3v) is 5.97. The van der Waals surface area contributed by atoms with Crippen LogP contribution < -0.4 is 10.9 Å². The predicted molar refractivity (Wildman–Crippen MR) is 112 cm³/mol. The highest BCUT2D eigenvalue weighted by molar-refractivity contribution is 5.98. The van der Waals surface area contributed by atoms with Crippen molar-refractivity contribution in [2.75, 3.05) is 13.7 Å². The highest BCUT2D eigenvalue weighted by Gasteiger charge is 2.26. The lowest BCUT2D eigenvalue weighted by molar-refractivity contribution is 0.0900. The van der Waals surface area contributed by atoms with Gasteiger partial charge in [0.1, 0.15) is 17.0 Å². The maximum absolute atomic E-state index is 13.2. The van der Waals surface area contributed by atoms with Gasteiger partial charge in [0.2, 0.25) is 0 Å². The number of carbonyl (C=O) groups is 1. The van der Waals surface area contributed by atoms with E-state index in [1.54, 1.807) is 31.5 Å². The Morgan fingerprint density at radius 3 is 2.93 bits per heavy atom. The highest BCUT2D eigenvalue weighted by atomic mass is 16.5. The number of carbonyl (C=O) groups excluding carboxylic acids is 1. The van der Waals surface area contributed by atoms with Gasteiger partial charge in [0, 0.05) is 32.5 Å². The predicted octanol–water partition coefficient (Wildman–Crippen LogP) is 2.99. The van der Waals surface area contributed by atoms with Crippen molar-refractivity contribution in [2.24, 2.45) is 5.92 Å². The van der Waals surface area contributed by atoms with Crippen LogP contribution in [-0.2, 0) is 11.3 Å². The fraction of sp³-hybridized carbons (Fsp3) is 0.500. The number of fused-ring (bicyclic) bond motifs is 2. The molecule has 1 amide bonds. The number of hydrogen-bond acceptors (Lipinski definition) is 4. The van der Waals surface area contributed by atoms with Crippen molar-refractivity contribution >= 4 is 22.6 Å². The lowest BCUT2D eigenvalue weighted by Crippen LogP contribution is -2.41. The molecular weight excluding hydrogens is 368 g/mol. The minimum absolute atomic E-state index is 0.132. The van der Waals surface area contributed by atoms with E-state index < -0.39 is 0 Å². The Labute approximate surface area is 169 Å². The molecule has 1 fully saturated rings. The Balaban J connectivity index is 1.77. The molecule has 1 N–H and O–H groups in total. The van der Waals surface area contributed by atoms with Crippen LogP contribution in [0.3, 0.4) is 0 Å². The number of aromatic nitrogens is 3. The fourth-order valence-corrected chi connectivity index (χ4v) is 4.31. The minimum Gasteiger partial charge on any atom is -0.385 e. The first-order valence-corrected chi connectivity index (χ1v) is 10.4. The normalized spacial score (nSPS) is 19.7. The molecule has 3 aromatic rings. The number of pyridine rings is 1. The number of rotatable bonds is 6. The SMILES string of the molecule is COCCCn1c(C(=O)NC2CCCCC2C)cc2c(=O)n3ccccc3nc21. The molecule has 0 saturated heterocycles. The van der Waals surface area contributed by atoms with Crippen molar-refractivity contribution in [3.05, 3.63) is 46.5 Å². The van der Waals surface area contributed by atoms with Crippen LogP contribution in [0.15, 0.2) is 35.3 Å². The Hall–Kier alpha value is -2.67. The molecule has 7 heteroatoms. The number of nitrogens with one attached hydrogen (secondary N) is 1. The Bertz CT molecular complexity index is 1080. The number of nitrogens with zero attached hydrogens (tertiary/aromatic N) is 3. The van der Waals surface area contributed by atoms with E-state index in [0.717, 1.165) is 25.7 Å². The second kappa shape index (κ2) is 8.37. The Morgan fingerprint density at radius 2 is 2.14 bits per heavy atom. The lowest BCUT2D eigenvalue weighted by Gasteiger charge is -2.29. The van der Waals surface area contributed by atoms with Crippen molar-refractivity contribution < 1.29 is 9.53 Å². The fourth-order valence-electron chi connectivity index (χ4n) is 4.31. The highest BCUT2D eigenvalue weighted by Crippen LogP contribution is 2.25. The number of methoxy groups -OCH3 is 1. The van der Waals surface area contributed by atoms with Gasteiger partial charge < -0.3 is 14.6 Å². The van der Waals surface area contributed by atoms with Gasteiger partial charge in [-0.1, -0.05) is 25.8 Å². The molecule has 154 valence electrons. The minimum atomic E-state index is -0.156. The van der Waals surface area contributed by atoms with Crippen LogP contribution >= 0.6 is 0 Å². The van der Waals surface area contributed by atoms with E-state index in [4.69, 9.17) is 4.74 Å². The maximum atomic E-state index is 13.2. The molecule has 1 aliphatic rings. The summed E-state index contributed by atoms with van der Waals surface area (Å²) in [4.78, 5) is 30.9. The molecule has 2 unspecified atom stereocenters. The molecule has 0 aromatic carbocycles. The van der Waals surface area contributed by atoms with Crippen molar-refractivity contribution in [3.8, 4) is 0 Å². The summed E-state index contributed by atoms with van der Waals surface area (Å²) in [6.45, 7) is 3.33. The van der Waals surface area contributed by atoms with Crippen LogP contribution in [-0.4, -0.2) is 39.6 Å². The smallest absolute Gasteiger partial charge is 0.268 e. The summed E-state index contributed by atoms with van der Waals surface area (Å²) in [5.41, 5.74) is 1.47. The second-order valence-corrected chi connectivity index (χ2v) is 7.95. The number of amides is 1. The second-order valence-electron chi connectivity index (χ2n) is 7.95. The molecule has 1 saturated carbocycles. The number of hydrogen-bond donors (Lipinski definition) is 1. The molecule has 0 bridgehead atoms. The summed E-state index contributed by atoms with van der Waals surface area (Å²) in [5.74, 6) is 0.331. The zero-order chi connectivity index (χ0) is 20.4. The summed E-state index contributed by atoms with van der Waals surface area (Å²) in [6.07, 6.45) is 6.93. The third-order valence-electron chi connectivity index (χ3n) is 5.97. The average molecular weight is 396 g/mol. The van der Waals surface area contributed by atoms with Crippen molar-refractivity contribution in [1.82, 2.24) is 19.3 Å². The van der Waals surface area contributed by atoms with Crippen molar-refractivity contribution in [2.45, 2.75) is 51.6 Å². The van der Waals surface area contributed by atoms with Gasteiger partial charge in [-0.25, -0.2) is 4.98 Å². The van der Waals surface area contributed by atoms with Gasteiger partial charge in [0.15, 0.2) is 0 Å². The van der Waals surface area contributed by atoms with Crippen molar-refractivity contribution in [3.63, 3.8) is 0 Å². The number of ether oxygens (including phenoxy) is 1. The number of aryl methyl sites for hydroxylation is 1. The first-order chi connectivity index (χ1) is 14.1. The molecule has 29 heavy (non-hydrogen) atoms. The third kappa shape index (κ3) is 3.79. The van der Waals surface area contributed by atoms with Crippen LogP contribution in [0.25, 0.3) is 16.7 Å². The standard InChI is InChI=1S/C22H28N4O3/c1-15-8-3-4-9-17(15)23-21(27)18-14-16-20(25(18)12-7-13-29-2)24-19-10-5-6-11-26(19)22(16)28/h5-6,10-11,14-15,17H,3-4,7-9,12-13H2,1-2H3,(H,23,27). The largest absolute Gasteiger partial charge is 0.385 e. The van der Waals surface area contributed by atoms with Crippen LogP contribution in [0, 0.1) is 5.92 Å². The first kappa shape index (κ1) is 19.6. The monoisotopic (exact) mass is 396 g/mol. The Kier molecular flexibility index (Phi) is 5.67. The Morgan fingerprint density at radius 1 is 1.31 bits per heavy atom. The summed E-state index contributed by atoms with van der Waals surface area (Å²) in [7, 11) is 1.66. The van der Waals surface area contributed by atoms with E-state index in [9.17, 15) is 9.59 Å². The van der Waals surface area contributed by atoms with Gasteiger partial charge in [0.25, 0.3) is 11.5 Å². The lowest BCUT2D eigenvalue weighted by atomic mass is 9.86. The van der Waals surface area contributed by atoms with E-state index >= 15 is 0 Å². The van der Waals surface area contributed by atoms with Crippen LogP contribution in [0.5, 0.6) is 0 Å². The molecule has 4 rings (SSSR count). The van der Waals surface area contributed by atoms with Crippen molar-refractivity contribution in [1.29, 1.82) is 0 Å². The van der Waals surface area contributed by atoms with Gasteiger partial charge in [0.05, 0.1) is 5.39 Å². The summed E-state index contributed by atoms with van der Waals surface area (Å²) >= 11 is 0. The van der Waals surface area contributed by atoms with Gasteiger partial charge in [-0.05, 0) is 43.4 Å². The zero-order valence-corrected chi connectivity index (χ0v) is 17.1. The van der Waals surface area contributed by atoms with E-state index in [2.05, 4.69) is 17.2 Å². The quantitative estimate of drug-likeness (QED) is 0.650. The molecule has 0 aliphatic heterocycles. The maximum Gasteiger partial charge on any atom is 0.268 e. The van der Waals surface area contributed by atoms with Crippen LogP contribution in [0.2, 0.25) is 0 Å². The molecule has 1 aliphatic carbocycles. The molecular formula is C22H28N4O3. The van der Waals surface area contributed by atoms with Gasteiger partial charge >= 0.3 is 0 Å². The molecule has 3 aromatic heterocycles. The average Bonchev–Trinajstić information content (AvgIpc) is 3.09. The van der Waals surface area contributed by atoms with E-state index in [-0.39, 0.29) is 17.5 Å². The van der Waals surface area contributed by atoms with Crippen LogP contribution in [0.4, 0.5) is 0 Å². The summed E-state index contributed by atoms with van der Waals surface area (Å²) < 4.78 is 8.57. The molecule has 0 radical (unpaired) electrons. The van der Waals surface area contributed by atoms with E-state index in [1.807, 2.05) is 10.6 Å². The van der Waals surface area contributed by atoms with Crippen LogP contribution in [0.1, 0.15) is 49.5 Å². The molecule has 3 heterocycles. The van der Waals surface area contributed by atoms with Gasteiger partial charge in [-0.3, -0.25) is 14.0 Å². The zero-order valence-electron chi connectivity index (χ0n) is 17.1. The summed E-state index contributed by atoms with van der Waals surface area (Å²) in [6, 6.07) is 7.32. The van der Waals surface area contributed by atoms with E-state index in [0.29, 0.717) is 41.4 Å². The van der Waals surface area contributed by atoms with E-state index in [1.165, 1.54) is 10.8 Å².